The van der Waals surface area contributed by atoms with E-state index in [1.807, 2.05) is 0 Å². The standard InChI is InChI=1S/C32H10F10N2/c33-21-23(35)27(39)31(28(40)24(21)36)43-13-5-1-3-11-7-9-16-19(17(11)13)20-15(43)10-8-12-4-2-6-14(18(12)20)44(16)32-29(41)25(37)22(34)26(38)30(32)42/h1-10H. The van der Waals surface area contributed by atoms with Crippen molar-refractivity contribution >= 4 is 43.6 Å². The maximum absolute atomic E-state index is 15.4. The van der Waals surface area contributed by atoms with Crippen LogP contribution in [-0.4, -0.2) is 9.13 Å². The average molecular weight is 612 g/mol. The van der Waals surface area contributed by atoms with Crippen molar-refractivity contribution < 1.29 is 43.9 Å². The minimum atomic E-state index is -2.35. The molecule has 0 fully saturated rings. The fraction of sp³-hybridized carbons (Fsp3) is 0. The topological polar surface area (TPSA) is 9.86 Å². The summed E-state index contributed by atoms with van der Waals surface area (Å²) in [6.45, 7) is 0. The van der Waals surface area contributed by atoms with Gasteiger partial charge < -0.3 is 9.13 Å². The Balaban J connectivity index is 1.70. The van der Waals surface area contributed by atoms with Crippen LogP contribution in [0.15, 0.2) is 60.7 Å². The van der Waals surface area contributed by atoms with Gasteiger partial charge in [-0.25, -0.2) is 43.9 Å². The number of aromatic nitrogens is 2. The van der Waals surface area contributed by atoms with E-state index < -0.39 is 69.5 Å². The minimum Gasteiger partial charge on any atom is -0.304 e. The molecular weight excluding hydrogens is 602 g/mol. The number of hydrogen-bond acceptors (Lipinski definition) is 0. The van der Waals surface area contributed by atoms with Gasteiger partial charge in [-0.2, -0.15) is 0 Å². The normalized spacial score (nSPS) is 12.3. The summed E-state index contributed by atoms with van der Waals surface area (Å²) in [6, 6.07) is 14.4. The number of hydrogen-bond donors (Lipinski definition) is 0. The van der Waals surface area contributed by atoms with Gasteiger partial charge in [-0.3, -0.25) is 0 Å². The lowest BCUT2D eigenvalue weighted by Gasteiger charge is -2.29. The van der Waals surface area contributed by atoms with Gasteiger partial charge in [0.15, 0.2) is 46.5 Å². The van der Waals surface area contributed by atoms with E-state index in [0.717, 1.165) is 9.13 Å². The molecule has 2 aliphatic rings. The first-order valence-corrected chi connectivity index (χ1v) is 12.8. The van der Waals surface area contributed by atoms with E-state index >= 15 is 17.6 Å². The van der Waals surface area contributed by atoms with E-state index in [9.17, 15) is 26.3 Å². The van der Waals surface area contributed by atoms with Gasteiger partial charge in [0.05, 0.1) is 22.1 Å². The van der Waals surface area contributed by atoms with E-state index in [1.54, 1.807) is 12.1 Å². The quantitative estimate of drug-likeness (QED) is 0.0605. The summed E-state index contributed by atoms with van der Waals surface area (Å²) in [5.41, 5.74) is -2.41. The fourth-order valence-corrected chi connectivity index (χ4v) is 6.27. The molecule has 44 heavy (non-hydrogen) atoms. The molecule has 0 aliphatic carbocycles. The Bertz CT molecular complexity index is 2280. The summed E-state index contributed by atoms with van der Waals surface area (Å²) in [4.78, 5) is 0. The SMILES string of the molecule is Fc1c(F)c(F)c(-n2c3ccc4cccc5c4c3-c3c4c(cccc42)ccc3n5-c2c(F)c(F)c(F)c(F)c2F)c(F)c1F. The van der Waals surface area contributed by atoms with Crippen LogP contribution in [0.3, 0.4) is 0 Å². The summed E-state index contributed by atoms with van der Waals surface area (Å²) in [7, 11) is 0. The Labute approximate surface area is 238 Å². The highest BCUT2D eigenvalue weighted by molar-refractivity contribution is 6.26. The predicted molar refractivity (Wildman–Crippen MR) is 143 cm³/mol. The van der Waals surface area contributed by atoms with Gasteiger partial charge in [0, 0.05) is 21.9 Å². The molecular formula is C32H10F10N2. The van der Waals surface area contributed by atoms with Gasteiger partial charge in [0.2, 0.25) is 11.6 Å². The molecule has 6 aromatic carbocycles. The third kappa shape index (κ3) is 3.02. The number of pyridine rings is 2. The first-order chi connectivity index (χ1) is 21.0. The molecule has 12 heteroatoms. The summed E-state index contributed by atoms with van der Waals surface area (Å²) in [5, 5.41) is 1.10. The third-order valence-electron chi connectivity index (χ3n) is 8.04. The van der Waals surface area contributed by atoms with Crippen molar-refractivity contribution in [3.05, 3.63) is 119 Å². The van der Waals surface area contributed by atoms with Crippen molar-refractivity contribution in [3.8, 4) is 22.5 Å². The average Bonchev–Trinajstić information content (AvgIpc) is 3.04. The molecule has 2 aliphatic heterocycles. The van der Waals surface area contributed by atoms with Crippen LogP contribution >= 0.6 is 0 Å². The summed E-state index contributed by atoms with van der Waals surface area (Å²) >= 11 is 0. The summed E-state index contributed by atoms with van der Waals surface area (Å²) < 4.78 is 149. The number of benzene rings is 6. The zero-order valence-electron chi connectivity index (χ0n) is 21.4. The number of rotatable bonds is 2. The Morgan fingerprint density at radius 3 is 0.977 bits per heavy atom. The van der Waals surface area contributed by atoms with Crippen LogP contribution in [0.4, 0.5) is 43.9 Å². The molecule has 0 aromatic heterocycles. The van der Waals surface area contributed by atoms with Gasteiger partial charge >= 0.3 is 0 Å². The van der Waals surface area contributed by atoms with Gasteiger partial charge in [0.25, 0.3) is 0 Å². The van der Waals surface area contributed by atoms with Crippen LogP contribution in [0.5, 0.6) is 0 Å². The molecule has 2 nitrogen and oxygen atoms in total. The Morgan fingerprint density at radius 1 is 0.318 bits per heavy atom. The van der Waals surface area contributed by atoms with Crippen LogP contribution in [0, 0.1) is 58.2 Å². The van der Waals surface area contributed by atoms with Crippen molar-refractivity contribution in [1.29, 1.82) is 0 Å². The lowest BCUT2D eigenvalue weighted by Crippen LogP contribution is -2.16. The highest BCUT2D eigenvalue weighted by Crippen LogP contribution is 2.50. The summed E-state index contributed by atoms with van der Waals surface area (Å²) in [5.74, 6) is -21.8. The summed E-state index contributed by atoms with van der Waals surface area (Å²) in [6.07, 6.45) is 0. The first kappa shape index (κ1) is 26.4. The van der Waals surface area contributed by atoms with Gasteiger partial charge in [-0.05, 0) is 35.0 Å². The molecule has 2 heterocycles. The molecule has 0 bridgehead atoms. The lowest BCUT2D eigenvalue weighted by molar-refractivity contribution is 0.376. The third-order valence-corrected chi connectivity index (χ3v) is 8.04. The Morgan fingerprint density at radius 2 is 0.636 bits per heavy atom. The molecule has 0 radical (unpaired) electrons. The maximum atomic E-state index is 15.4. The number of halogens is 10. The number of nitrogens with zero attached hydrogens (tertiary/aromatic N) is 2. The van der Waals surface area contributed by atoms with Crippen molar-refractivity contribution in [2.75, 3.05) is 0 Å². The molecule has 6 aromatic rings. The maximum Gasteiger partial charge on any atom is 0.200 e. The molecule has 8 rings (SSSR count). The van der Waals surface area contributed by atoms with Crippen LogP contribution in [0.25, 0.3) is 66.1 Å². The zero-order valence-corrected chi connectivity index (χ0v) is 21.4. The van der Waals surface area contributed by atoms with E-state index in [4.69, 9.17) is 0 Å². The van der Waals surface area contributed by atoms with E-state index in [1.165, 1.54) is 48.5 Å². The van der Waals surface area contributed by atoms with Gasteiger partial charge in [-0.15, -0.1) is 0 Å². The highest BCUT2D eigenvalue weighted by atomic mass is 19.2. The van der Waals surface area contributed by atoms with Crippen molar-refractivity contribution in [1.82, 2.24) is 9.13 Å². The van der Waals surface area contributed by atoms with Crippen molar-refractivity contribution in [2.45, 2.75) is 0 Å². The molecule has 0 unspecified atom stereocenters. The van der Waals surface area contributed by atoms with Crippen LogP contribution < -0.4 is 0 Å². The molecule has 0 atom stereocenters. The van der Waals surface area contributed by atoms with E-state index in [-0.39, 0.29) is 44.0 Å². The van der Waals surface area contributed by atoms with E-state index in [2.05, 4.69) is 0 Å². The molecule has 0 N–H and O–H groups in total. The van der Waals surface area contributed by atoms with Crippen LogP contribution in [0.1, 0.15) is 0 Å². The molecule has 218 valence electrons. The van der Waals surface area contributed by atoms with E-state index in [0.29, 0.717) is 10.8 Å². The van der Waals surface area contributed by atoms with Crippen molar-refractivity contribution in [2.24, 2.45) is 0 Å². The lowest BCUT2D eigenvalue weighted by atomic mass is 9.87. The molecule has 0 spiro atoms. The minimum absolute atomic E-state index is 0.0577. The molecule has 0 saturated carbocycles. The highest BCUT2D eigenvalue weighted by Gasteiger charge is 2.34. The van der Waals surface area contributed by atoms with Gasteiger partial charge in [0.1, 0.15) is 11.4 Å². The van der Waals surface area contributed by atoms with Crippen LogP contribution in [-0.2, 0) is 0 Å². The second-order valence-electron chi connectivity index (χ2n) is 10.2. The fourth-order valence-electron chi connectivity index (χ4n) is 6.27. The Kier molecular flexibility index (Phi) is 5.19. The second-order valence-corrected chi connectivity index (χ2v) is 10.2. The smallest absolute Gasteiger partial charge is 0.200 e. The largest absolute Gasteiger partial charge is 0.304 e. The van der Waals surface area contributed by atoms with Gasteiger partial charge in [-0.1, -0.05) is 36.4 Å². The Hall–Kier alpha value is -5.26. The zero-order chi connectivity index (χ0) is 30.9. The first-order valence-electron chi connectivity index (χ1n) is 12.8. The predicted octanol–water partition coefficient (Wildman–Crippen LogP) is 9.81. The van der Waals surface area contributed by atoms with Crippen LogP contribution in [0.2, 0.25) is 0 Å². The van der Waals surface area contributed by atoms with Crippen molar-refractivity contribution in [3.63, 3.8) is 0 Å². The second kappa shape index (κ2) is 8.65. The molecule has 0 amide bonds. The monoisotopic (exact) mass is 612 g/mol. The molecule has 0 saturated heterocycles.